The van der Waals surface area contributed by atoms with Gasteiger partial charge in [0.05, 0.1) is 12.2 Å². The number of ether oxygens (including phenoxy) is 1. The molecule has 2 rings (SSSR count). The fraction of sp³-hybridized carbons (Fsp3) is 0.500. The summed E-state index contributed by atoms with van der Waals surface area (Å²) in [5.41, 5.74) is -1.46. The number of esters is 1. The molecule has 7 heteroatoms. The van der Waals surface area contributed by atoms with Gasteiger partial charge in [0.2, 0.25) is 0 Å². The number of halogens is 3. The topological polar surface area (TPSA) is 48.3 Å². The van der Waals surface area contributed by atoms with Gasteiger partial charge in [0.25, 0.3) is 0 Å². The molecule has 1 aliphatic carbocycles. The standard InChI is InChI=1S/C12H12F3NO3/c1-3-19-11(18)9-6-4-5-7(17)8(6)10(16(9)2)12(13,14)15/h3-5H2,1-2H3. The zero-order valence-electron chi connectivity index (χ0n) is 10.4. The highest BCUT2D eigenvalue weighted by Gasteiger charge is 2.45. The first-order valence-corrected chi connectivity index (χ1v) is 5.78. The number of fused-ring (bicyclic) bond motifs is 1. The molecule has 0 unspecified atom stereocenters. The van der Waals surface area contributed by atoms with Crippen molar-refractivity contribution in [3.63, 3.8) is 0 Å². The van der Waals surface area contributed by atoms with Gasteiger partial charge in [-0.15, -0.1) is 0 Å². The van der Waals surface area contributed by atoms with Crippen molar-refractivity contribution in [3.8, 4) is 0 Å². The number of hydrogen-bond acceptors (Lipinski definition) is 3. The molecule has 0 aromatic carbocycles. The van der Waals surface area contributed by atoms with E-state index < -0.39 is 23.6 Å². The number of alkyl halides is 3. The molecule has 0 saturated carbocycles. The third-order valence-electron chi connectivity index (χ3n) is 3.11. The van der Waals surface area contributed by atoms with E-state index in [1.165, 1.54) is 0 Å². The van der Waals surface area contributed by atoms with Crippen molar-refractivity contribution < 1.29 is 27.5 Å². The molecule has 0 aliphatic heterocycles. The largest absolute Gasteiger partial charge is 0.461 e. The minimum atomic E-state index is -4.68. The minimum absolute atomic E-state index is 0.000984. The number of Topliss-reactive ketones (excluding diaryl/α,β-unsaturated/α-hetero) is 1. The van der Waals surface area contributed by atoms with Crippen molar-refractivity contribution in [2.45, 2.75) is 25.9 Å². The zero-order chi connectivity index (χ0) is 14.4. The van der Waals surface area contributed by atoms with Gasteiger partial charge in [0.15, 0.2) is 5.78 Å². The first-order valence-electron chi connectivity index (χ1n) is 5.78. The number of rotatable bonds is 2. The van der Waals surface area contributed by atoms with Crippen LogP contribution >= 0.6 is 0 Å². The second-order valence-corrected chi connectivity index (χ2v) is 4.25. The van der Waals surface area contributed by atoms with E-state index >= 15 is 0 Å². The molecule has 1 aromatic rings. The first-order chi connectivity index (χ1) is 8.79. The van der Waals surface area contributed by atoms with Crippen molar-refractivity contribution in [2.75, 3.05) is 6.61 Å². The fourth-order valence-corrected chi connectivity index (χ4v) is 2.44. The van der Waals surface area contributed by atoms with Crippen LogP contribution in [0.4, 0.5) is 13.2 Å². The third kappa shape index (κ3) is 2.02. The average molecular weight is 275 g/mol. The molecule has 0 saturated heterocycles. The summed E-state index contributed by atoms with van der Waals surface area (Å²) < 4.78 is 44.5. The van der Waals surface area contributed by atoms with Gasteiger partial charge in [0.1, 0.15) is 11.4 Å². The van der Waals surface area contributed by atoms with E-state index in [1.54, 1.807) is 6.92 Å². The summed E-state index contributed by atoms with van der Waals surface area (Å²) in [4.78, 5) is 23.4. The number of nitrogens with zero attached hydrogens (tertiary/aromatic N) is 1. The highest BCUT2D eigenvalue weighted by molar-refractivity contribution is 6.05. The van der Waals surface area contributed by atoms with Crippen LogP contribution in [-0.4, -0.2) is 22.9 Å². The Morgan fingerprint density at radius 2 is 2.00 bits per heavy atom. The molecule has 0 fully saturated rings. The van der Waals surface area contributed by atoms with Gasteiger partial charge in [0, 0.05) is 13.5 Å². The molecule has 0 atom stereocenters. The van der Waals surface area contributed by atoms with E-state index in [1.807, 2.05) is 0 Å². The lowest BCUT2D eigenvalue weighted by Gasteiger charge is -2.11. The average Bonchev–Trinajstić information content (AvgIpc) is 2.75. The maximum Gasteiger partial charge on any atom is 0.432 e. The zero-order valence-corrected chi connectivity index (χ0v) is 10.4. The van der Waals surface area contributed by atoms with Crippen LogP contribution in [0, 0.1) is 0 Å². The minimum Gasteiger partial charge on any atom is -0.461 e. The molecule has 0 bridgehead atoms. The molecule has 0 N–H and O–H groups in total. The van der Waals surface area contributed by atoms with Gasteiger partial charge in [-0.05, 0) is 18.9 Å². The molecule has 1 heterocycles. The summed E-state index contributed by atoms with van der Waals surface area (Å²) in [6.45, 7) is 1.63. The molecule has 1 aromatic heterocycles. The number of carbonyl (C=O) groups excluding carboxylic acids is 2. The maximum absolute atomic E-state index is 13.0. The molecule has 19 heavy (non-hydrogen) atoms. The summed E-state index contributed by atoms with van der Waals surface area (Å²) in [6.07, 6.45) is -4.53. The first kappa shape index (κ1) is 13.6. The number of ketones is 1. The third-order valence-corrected chi connectivity index (χ3v) is 3.11. The summed E-state index contributed by atoms with van der Waals surface area (Å²) >= 11 is 0. The van der Waals surface area contributed by atoms with Gasteiger partial charge in [-0.3, -0.25) is 4.79 Å². The van der Waals surface area contributed by atoms with Crippen molar-refractivity contribution >= 4 is 11.8 Å². The quantitative estimate of drug-likeness (QED) is 0.778. The lowest BCUT2D eigenvalue weighted by Crippen LogP contribution is -2.18. The predicted octanol–water partition coefficient (Wildman–Crippen LogP) is 2.35. The van der Waals surface area contributed by atoms with E-state index in [0.717, 1.165) is 11.6 Å². The normalized spacial score (nSPS) is 14.7. The Kier molecular flexibility index (Phi) is 3.15. The lowest BCUT2D eigenvalue weighted by atomic mass is 10.1. The molecular formula is C12H12F3NO3. The Morgan fingerprint density at radius 1 is 1.37 bits per heavy atom. The monoisotopic (exact) mass is 275 g/mol. The van der Waals surface area contributed by atoms with Gasteiger partial charge in [-0.2, -0.15) is 13.2 Å². The van der Waals surface area contributed by atoms with Crippen LogP contribution in [-0.2, 0) is 24.4 Å². The molecule has 4 nitrogen and oxygen atoms in total. The molecule has 1 aliphatic rings. The van der Waals surface area contributed by atoms with Gasteiger partial charge < -0.3 is 9.30 Å². The Bertz CT molecular complexity index is 558. The second-order valence-electron chi connectivity index (χ2n) is 4.25. The number of hydrogen-bond donors (Lipinski definition) is 0. The van der Waals surface area contributed by atoms with Crippen molar-refractivity contribution in [2.24, 2.45) is 7.05 Å². The van der Waals surface area contributed by atoms with Gasteiger partial charge >= 0.3 is 12.1 Å². The molecule has 0 spiro atoms. The summed E-state index contributed by atoms with van der Waals surface area (Å²) in [5, 5.41) is 0. The second kappa shape index (κ2) is 4.40. The Balaban J connectivity index is 2.68. The SMILES string of the molecule is CCOC(=O)c1c2c(c(C(F)(F)F)n1C)C(=O)CC2. The molecule has 0 amide bonds. The Hall–Kier alpha value is -1.79. The van der Waals surface area contributed by atoms with Crippen molar-refractivity contribution in [3.05, 3.63) is 22.5 Å². The van der Waals surface area contributed by atoms with Crippen molar-refractivity contribution in [1.29, 1.82) is 0 Å². The van der Waals surface area contributed by atoms with Crippen LogP contribution < -0.4 is 0 Å². The lowest BCUT2D eigenvalue weighted by molar-refractivity contribution is -0.143. The van der Waals surface area contributed by atoms with Gasteiger partial charge in [-0.25, -0.2) is 4.79 Å². The van der Waals surface area contributed by atoms with Crippen molar-refractivity contribution in [1.82, 2.24) is 4.57 Å². The van der Waals surface area contributed by atoms with E-state index in [-0.39, 0.29) is 36.3 Å². The smallest absolute Gasteiger partial charge is 0.432 e. The summed E-state index contributed by atoms with van der Waals surface area (Å²) in [6, 6.07) is 0. The molecule has 104 valence electrons. The van der Waals surface area contributed by atoms with Crippen LogP contribution in [0.5, 0.6) is 0 Å². The number of carbonyl (C=O) groups is 2. The summed E-state index contributed by atoms with van der Waals surface area (Å²) in [7, 11) is 1.13. The highest BCUT2D eigenvalue weighted by atomic mass is 19.4. The highest BCUT2D eigenvalue weighted by Crippen LogP contribution is 2.40. The summed E-state index contributed by atoms with van der Waals surface area (Å²) in [5.74, 6) is -1.40. The number of aromatic nitrogens is 1. The van der Waals surface area contributed by atoms with E-state index in [0.29, 0.717) is 0 Å². The fourth-order valence-electron chi connectivity index (χ4n) is 2.44. The Labute approximate surface area is 107 Å². The maximum atomic E-state index is 13.0. The van der Waals surface area contributed by atoms with E-state index in [2.05, 4.69) is 0 Å². The van der Waals surface area contributed by atoms with Crippen LogP contribution in [0.2, 0.25) is 0 Å². The van der Waals surface area contributed by atoms with Gasteiger partial charge in [-0.1, -0.05) is 0 Å². The predicted molar refractivity (Wildman–Crippen MR) is 59.0 cm³/mol. The van der Waals surface area contributed by atoms with Crippen LogP contribution in [0.15, 0.2) is 0 Å². The van der Waals surface area contributed by atoms with Crippen LogP contribution in [0.1, 0.15) is 45.4 Å². The molecular weight excluding hydrogens is 263 g/mol. The van der Waals surface area contributed by atoms with E-state index in [4.69, 9.17) is 4.74 Å². The molecule has 0 radical (unpaired) electrons. The van der Waals surface area contributed by atoms with E-state index in [9.17, 15) is 22.8 Å². The van der Waals surface area contributed by atoms with Crippen LogP contribution in [0.3, 0.4) is 0 Å². The Morgan fingerprint density at radius 3 is 2.53 bits per heavy atom. The van der Waals surface area contributed by atoms with Crippen LogP contribution in [0.25, 0.3) is 0 Å².